The predicted molar refractivity (Wildman–Crippen MR) is 216 cm³/mol. The molecular weight excluding hydrogens is 731 g/mol. The molecule has 0 unspecified atom stereocenters. The molecule has 15 heteroatoms. The number of nitrogens with zero attached hydrogens (tertiary/aromatic N) is 7. The van der Waals surface area contributed by atoms with Gasteiger partial charge in [0.2, 0.25) is 0 Å². The summed E-state index contributed by atoms with van der Waals surface area (Å²) < 4.78 is 34.6. The zero-order valence-electron chi connectivity index (χ0n) is 33.9. The van der Waals surface area contributed by atoms with Crippen LogP contribution in [0.3, 0.4) is 0 Å². The molecule has 1 N–H and O–H groups in total. The van der Waals surface area contributed by atoms with Gasteiger partial charge in [-0.15, -0.1) is 0 Å². The number of ether oxygens (including phenoxy) is 6. The lowest BCUT2D eigenvalue weighted by atomic mass is 10.0. The van der Waals surface area contributed by atoms with Crippen LogP contribution in [-0.4, -0.2) is 154 Å². The van der Waals surface area contributed by atoms with Gasteiger partial charge >= 0.3 is 12.1 Å². The quantitative estimate of drug-likeness (QED) is 0.184. The van der Waals surface area contributed by atoms with Gasteiger partial charge in [0.1, 0.15) is 18.0 Å². The SMILES string of the molecule is CN1C[C@H](OCCOCCOCCOCCO)C[C@H]1COc1nc2c(c(N3CCN(C(=O)OC(C)(C)C)[C@@H](CC#N)C3)n1)CCN(c1cccc3ccccc13)C2. The Hall–Kier alpha value is -4.30. The van der Waals surface area contributed by atoms with Gasteiger partial charge in [0.25, 0.3) is 0 Å². The lowest BCUT2D eigenvalue weighted by molar-refractivity contribution is -0.0180. The number of nitriles is 1. The number of hydrogen-bond acceptors (Lipinski definition) is 14. The van der Waals surface area contributed by atoms with E-state index in [1.54, 1.807) is 4.90 Å². The standard InChI is InChI=1S/C42H59N7O8/c1-42(2,3)57-41(51)49-17-16-48(27-32(49)12-14-43)39-36-13-15-47(38-11-7-9-31-8-5-6-10-35(31)38)29-37(36)44-40(45-39)56-30-33-26-34(28-46(33)4)55-25-24-54-23-22-53-21-20-52-19-18-50/h5-11,32-34,50H,12-13,15-30H2,1-4H3/t32-,33-,34+/m0/s1. The number of carbonyl (C=O) groups is 1. The van der Waals surface area contributed by atoms with E-state index in [1.165, 1.54) is 16.5 Å². The van der Waals surface area contributed by atoms with E-state index < -0.39 is 11.7 Å². The minimum atomic E-state index is -0.637. The summed E-state index contributed by atoms with van der Waals surface area (Å²) >= 11 is 0. The molecule has 1 aromatic heterocycles. The highest BCUT2D eigenvalue weighted by molar-refractivity contribution is 5.94. The van der Waals surface area contributed by atoms with Crippen molar-refractivity contribution in [1.82, 2.24) is 19.8 Å². The number of fused-ring (bicyclic) bond motifs is 2. The number of aliphatic hydroxyl groups is 1. The lowest BCUT2D eigenvalue weighted by Gasteiger charge is -2.42. The molecule has 4 heterocycles. The summed E-state index contributed by atoms with van der Waals surface area (Å²) in [7, 11) is 2.08. The summed E-state index contributed by atoms with van der Waals surface area (Å²) in [5, 5.41) is 20.9. The molecule has 57 heavy (non-hydrogen) atoms. The van der Waals surface area contributed by atoms with Gasteiger partial charge in [-0.1, -0.05) is 36.4 Å². The second-order valence-corrected chi connectivity index (χ2v) is 15.8. The molecule has 3 aromatic rings. The maximum absolute atomic E-state index is 13.2. The Morgan fingerprint density at radius 2 is 1.63 bits per heavy atom. The molecule has 2 aromatic carbocycles. The second-order valence-electron chi connectivity index (χ2n) is 15.8. The number of aliphatic hydroxyl groups excluding tert-OH is 1. The first kappa shape index (κ1) is 42.3. The van der Waals surface area contributed by atoms with Crippen LogP contribution in [-0.2, 0) is 36.6 Å². The van der Waals surface area contributed by atoms with Gasteiger partial charge in [-0.2, -0.15) is 15.2 Å². The Kier molecular flexibility index (Phi) is 15.1. The number of likely N-dealkylation sites (N-methyl/N-ethyl adjacent to an activating group) is 1. The third kappa shape index (κ3) is 11.6. The molecule has 3 atom stereocenters. The minimum Gasteiger partial charge on any atom is -0.462 e. The topological polar surface area (TPSA) is 155 Å². The van der Waals surface area contributed by atoms with Crippen LogP contribution < -0.4 is 14.5 Å². The molecule has 1 amide bonds. The van der Waals surface area contributed by atoms with Crippen LogP contribution in [0.5, 0.6) is 6.01 Å². The number of piperazine rings is 1. The summed E-state index contributed by atoms with van der Waals surface area (Å²) in [5.74, 6) is 0.806. The first-order valence-electron chi connectivity index (χ1n) is 20.2. The van der Waals surface area contributed by atoms with Gasteiger partial charge in [-0.05, 0) is 52.1 Å². The number of hydrogen-bond donors (Lipinski definition) is 1. The van der Waals surface area contributed by atoms with Crippen LogP contribution in [0, 0.1) is 11.3 Å². The molecule has 3 aliphatic heterocycles. The van der Waals surface area contributed by atoms with Gasteiger partial charge in [-0.3, -0.25) is 4.90 Å². The zero-order valence-corrected chi connectivity index (χ0v) is 33.9. The molecule has 0 spiro atoms. The Labute approximate surface area is 336 Å². The maximum atomic E-state index is 13.2. The largest absolute Gasteiger partial charge is 0.462 e. The van der Waals surface area contributed by atoms with Crippen molar-refractivity contribution in [2.75, 3.05) is 109 Å². The Bertz CT molecular complexity index is 1800. The normalized spacial score (nSPS) is 20.1. The molecule has 0 aliphatic carbocycles. The zero-order chi connectivity index (χ0) is 40.2. The fraction of sp³-hybridized carbons (Fsp3) is 0.619. The number of anilines is 2. The molecule has 15 nitrogen and oxygen atoms in total. The van der Waals surface area contributed by atoms with Crippen LogP contribution in [0.2, 0.25) is 0 Å². The third-order valence-electron chi connectivity index (χ3n) is 10.5. The van der Waals surface area contributed by atoms with Crippen molar-refractivity contribution in [2.24, 2.45) is 0 Å². The highest BCUT2D eigenvalue weighted by Crippen LogP contribution is 2.35. The van der Waals surface area contributed by atoms with E-state index >= 15 is 0 Å². The van der Waals surface area contributed by atoms with Crippen molar-refractivity contribution in [3.05, 3.63) is 53.7 Å². The summed E-state index contributed by atoms with van der Waals surface area (Å²) in [5.41, 5.74) is 2.52. The summed E-state index contributed by atoms with van der Waals surface area (Å²) in [6.07, 6.45) is 1.38. The average molecular weight is 790 g/mol. The van der Waals surface area contributed by atoms with Crippen LogP contribution >= 0.6 is 0 Å². The molecule has 0 radical (unpaired) electrons. The summed E-state index contributed by atoms with van der Waals surface area (Å²) in [4.78, 5) is 31.8. The number of rotatable bonds is 18. The second kappa shape index (κ2) is 20.4. The summed E-state index contributed by atoms with van der Waals surface area (Å²) in [6, 6.07) is 17.2. The fourth-order valence-corrected chi connectivity index (χ4v) is 7.69. The van der Waals surface area contributed by atoms with Gasteiger partial charge < -0.3 is 48.2 Å². The number of likely N-dealkylation sites (tertiary alicyclic amines) is 1. The lowest BCUT2D eigenvalue weighted by Crippen LogP contribution is -2.56. The molecule has 2 fully saturated rings. The number of aromatic nitrogens is 2. The van der Waals surface area contributed by atoms with Crippen LogP contribution in [0.15, 0.2) is 42.5 Å². The fourth-order valence-electron chi connectivity index (χ4n) is 7.69. The first-order valence-corrected chi connectivity index (χ1v) is 20.2. The van der Waals surface area contributed by atoms with Crippen molar-refractivity contribution >= 4 is 28.4 Å². The van der Waals surface area contributed by atoms with Gasteiger partial charge in [-0.25, -0.2) is 4.79 Å². The first-order chi connectivity index (χ1) is 27.6. The molecule has 0 bridgehead atoms. The average Bonchev–Trinajstić information content (AvgIpc) is 3.56. The molecular formula is C42H59N7O8. The predicted octanol–water partition coefficient (Wildman–Crippen LogP) is 4.04. The minimum absolute atomic E-state index is 0.00908. The van der Waals surface area contributed by atoms with E-state index in [0.29, 0.717) is 85.0 Å². The van der Waals surface area contributed by atoms with Crippen LogP contribution in [0.25, 0.3) is 10.8 Å². The number of amides is 1. The van der Waals surface area contributed by atoms with Crippen molar-refractivity contribution in [3.63, 3.8) is 0 Å². The van der Waals surface area contributed by atoms with E-state index in [2.05, 4.69) is 70.3 Å². The third-order valence-corrected chi connectivity index (χ3v) is 10.5. The van der Waals surface area contributed by atoms with Crippen molar-refractivity contribution in [2.45, 2.75) is 70.4 Å². The number of carbonyl (C=O) groups excluding carboxylic acids is 1. The van der Waals surface area contributed by atoms with E-state index in [0.717, 1.165) is 43.0 Å². The summed E-state index contributed by atoms with van der Waals surface area (Å²) in [6.45, 7) is 12.7. The maximum Gasteiger partial charge on any atom is 0.410 e. The van der Waals surface area contributed by atoms with Crippen molar-refractivity contribution in [3.8, 4) is 12.1 Å². The van der Waals surface area contributed by atoms with Crippen LogP contribution in [0.4, 0.5) is 16.3 Å². The Morgan fingerprint density at radius 3 is 2.39 bits per heavy atom. The highest BCUT2D eigenvalue weighted by Gasteiger charge is 2.36. The van der Waals surface area contributed by atoms with Gasteiger partial charge in [0, 0.05) is 55.4 Å². The van der Waals surface area contributed by atoms with E-state index in [-0.39, 0.29) is 31.2 Å². The van der Waals surface area contributed by atoms with Crippen molar-refractivity contribution < 1.29 is 38.3 Å². The molecule has 2 saturated heterocycles. The van der Waals surface area contributed by atoms with E-state index in [4.69, 9.17) is 43.5 Å². The van der Waals surface area contributed by atoms with Gasteiger partial charge in [0.15, 0.2) is 0 Å². The van der Waals surface area contributed by atoms with Crippen LogP contribution in [0.1, 0.15) is 44.9 Å². The smallest absolute Gasteiger partial charge is 0.410 e. The van der Waals surface area contributed by atoms with E-state index in [9.17, 15) is 10.1 Å². The molecule has 0 saturated carbocycles. The highest BCUT2D eigenvalue weighted by atomic mass is 16.6. The Balaban J connectivity index is 1.12. The van der Waals surface area contributed by atoms with E-state index in [1.807, 2.05) is 20.8 Å². The molecule has 310 valence electrons. The monoisotopic (exact) mass is 789 g/mol. The molecule has 3 aliphatic rings. The van der Waals surface area contributed by atoms with Gasteiger partial charge in [0.05, 0.1) is 89.7 Å². The molecule has 6 rings (SSSR count). The Morgan fingerprint density at radius 1 is 0.895 bits per heavy atom. The number of benzene rings is 2. The van der Waals surface area contributed by atoms with Crippen molar-refractivity contribution in [1.29, 1.82) is 5.26 Å².